The SMILES string of the molecule is COc1ccc(Br)c(CC(O)c2cccc(OC)n2)c1. The van der Waals surface area contributed by atoms with E-state index >= 15 is 0 Å². The molecule has 1 atom stereocenters. The summed E-state index contributed by atoms with van der Waals surface area (Å²) in [4.78, 5) is 4.24. The minimum atomic E-state index is -0.700. The highest BCUT2D eigenvalue weighted by Crippen LogP contribution is 2.27. The van der Waals surface area contributed by atoms with Crippen LogP contribution in [0.4, 0.5) is 0 Å². The summed E-state index contributed by atoms with van der Waals surface area (Å²) in [5.41, 5.74) is 1.54. The lowest BCUT2D eigenvalue weighted by atomic mass is 10.0. The van der Waals surface area contributed by atoms with Gasteiger partial charge in [-0.3, -0.25) is 0 Å². The number of rotatable bonds is 5. The van der Waals surface area contributed by atoms with Gasteiger partial charge in [0.05, 0.1) is 19.9 Å². The number of methoxy groups -OCH3 is 2. The van der Waals surface area contributed by atoms with Gasteiger partial charge in [-0.2, -0.15) is 0 Å². The van der Waals surface area contributed by atoms with Crippen molar-refractivity contribution in [2.75, 3.05) is 14.2 Å². The molecule has 0 aliphatic heterocycles. The summed E-state index contributed by atoms with van der Waals surface area (Å²) in [6, 6.07) is 11.0. The molecule has 1 aromatic heterocycles. The van der Waals surface area contributed by atoms with Gasteiger partial charge < -0.3 is 14.6 Å². The molecule has 0 radical (unpaired) electrons. The van der Waals surface area contributed by atoms with Crippen molar-refractivity contribution >= 4 is 15.9 Å². The standard InChI is InChI=1S/C15H16BrNO3/c1-19-11-6-7-12(16)10(8-11)9-14(18)13-4-3-5-15(17-13)20-2/h3-8,14,18H,9H2,1-2H3. The van der Waals surface area contributed by atoms with E-state index < -0.39 is 6.10 Å². The van der Waals surface area contributed by atoms with Gasteiger partial charge in [0.25, 0.3) is 0 Å². The predicted octanol–water partition coefficient (Wildman–Crippen LogP) is 3.14. The van der Waals surface area contributed by atoms with Crippen LogP contribution in [0.25, 0.3) is 0 Å². The molecule has 2 aromatic rings. The Morgan fingerprint density at radius 1 is 1.20 bits per heavy atom. The van der Waals surface area contributed by atoms with Crippen LogP contribution >= 0.6 is 15.9 Å². The Morgan fingerprint density at radius 3 is 2.70 bits per heavy atom. The molecule has 0 fully saturated rings. The number of benzene rings is 1. The lowest BCUT2D eigenvalue weighted by molar-refractivity contribution is 0.172. The second-order valence-electron chi connectivity index (χ2n) is 4.28. The number of nitrogens with zero attached hydrogens (tertiary/aromatic N) is 1. The van der Waals surface area contributed by atoms with E-state index in [1.165, 1.54) is 0 Å². The molecule has 2 rings (SSSR count). The van der Waals surface area contributed by atoms with Crippen LogP contribution in [0, 0.1) is 0 Å². The van der Waals surface area contributed by atoms with E-state index in [0.717, 1.165) is 15.8 Å². The van der Waals surface area contributed by atoms with E-state index in [1.807, 2.05) is 24.3 Å². The van der Waals surface area contributed by atoms with Gasteiger partial charge in [0.15, 0.2) is 0 Å². The van der Waals surface area contributed by atoms with Crippen molar-refractivity contribution < 1.29 is 14.6 Å². The van der Waals surface area contributed by atoms with Gasteiger partial charge in [-0.1, -0.05) is 22.0 Å². The van der Waals surface area contributed by atoms with E-state index in [2.05, 4.69) is 20.9 Å². The third kappa shape index (κ3) is 3.49. The molecule has 0 amide bonds. The number of aliphatic hydroxyl groups is 1. The van der Waals surface area contributed by atoms with E-state index in [4.69, 9.17) is 9.47 Å². The maximum absolute atomic E-state index is 10.3. The average molecular weight is 338 g/mol. The second-order valence-corrected chi connectivity index (χ2v) is 5.14. The predicted molar refractivity (Wildman–Crippen MR) is 80.1 cm³/mol. The third-order valence-corrected chi connectivity index (χ3v) is 3.74. The van der Waals surface area contributed by atoms with Gasteiger partial charge in [-0.25, -0.2) is 4.98 Å². The highest BCUT2D eigenvalue weighted by atomic mass is 79.9. The number of hydrogen-bond donors (Lipinski definition) is 1. The molecule has 0 spiro atoms. The van der Waals surface area contributed by atoms with Crippen molar-refractivity contribution in [1.82, 2.24) is 4.98 Å². The number of ether oxygens (including phenoxy) is 2. The highest BCUT2D eigenvalue weighted by molar-refractivity contribution is 9.10. The van der Waals surface area contributed by atoms with Gasteiger partial charge >= 0.3 is 0 Å². The van der Waals surface area contributed by atoms with E-state index in [-0.39, 0.29) is 0 Å². The van der Waals surface area contributed by atoms with Crippen molar-refractivity contribution in [3.8, 4) is 11.6 Å². The molecule has 0 saturated heterocycles. The summed E-state index contributed by atoms with van der Waals surface area (Å²) in [6.07, 6.45) is -0.258. The summed E-state index contributed by atoms with van der Waals surface area (Å²) >= 11 is 3.48. The van der Waals surface area contributed by atoms with Crippen LogP contribution in [0.2, 0.25) is 0 Å². The molecule has 1 N–H and O–H groups in total. The molecular weight excluding hydrogens is 322 g/mol. The first kappa shape index (κ1) is 14.8. The summed E-state index contributed by atoms with van der Waals surface area (Å²) in [6.45, 7) is 0. The van der Waals surface area contributed by atoms with Gasteiger partial charge in [-0.15, -0.1) is 0 Å². The number of pyridine rings is 1. The minimum Gasteiger partial charge on any atom is -0.497 e. The van der Waals surface area contributed by atoms with E-state index in [0.29, 0.717) is 18.0 Å². The zero-order valence-electron chi connectivity index (χ0n) is 11.3. The van der Waals surface area contributed by atoms with Gasteiger partial charge in [-0.05, 0) is 29.8 Å². The minimum absolute atomic E-state index is 0.442. The fourth-order valence-electron chi connectivity index (χ4n) is 1.88. The number of aliphatic hydroxyl groups excluding tert-OH is 1. The Kier molecular flexibility index (Phi) is 4.98. The molecule has 0 bridgehead atoms. The zero-order chi connectivity index (χ0) is 14.5. The first-order valence-electron chi connectivity index (χ1n) is 6.15. The van der Waals surface area contributed by atoms with Crippen LogP contribution in [0.5, 0.6) is 11.6 Å². The van der Waals surface area contributed by atoms with Crippen molar-refractivity contribution in [2.24, 2.45) is 0 Å². The number of aromatic nitrogens is 1. The Morgan fingerprint density at radius 2 is 2.00 bits per heavy atom. The molecule has 1 heterocycles. The molecule has 20 heavy (non-hydrogen) atoms. The Hall–Kier alpha value is -1.59. The van der Waals surface area contributed by atoms with Crippen molar-refractivity contribution in [1.29, 1.82) is 0 Å². The van der Waals surface area contributed by atoms with Crippen LogP contribution in [0.15, 0.2) is 40.9 Å². The maximum atomic E-state index is 10.3. The summed E-state index contributed by atoms with van der Waals surface area (Å²) < 4.78 is 11.2. The Balaban J connectivity index is 2.20. The van der Waals surface area contributed by atoms with Crippen LogP contribution in [-0.4, -0.2) is 24.3 Å². The molecule has 0 aliphatic rings. The first-order chi connectivity index (χ1) is 9.63. The smallest absolute Gasteiger partial charge is 0.213 e. The topological polar surface area (TPSA) is 51.6 Å². The Labute approximate surface area is 126 Å². The fourth-order valence-corrected chi connectivity index (χ4v) is 2.29. The van der Waals surface area contributed by atoms with Gasteiger partial charge in [0, 0.05) is 17.0 Å². The summed E-state index contributed by atoms with van der Waals surface area (Å²) in [5, 5.41) is 10.3. The van der Waals surface area contributed by atoms with Crippen molar-refractivity contribution in [3.63, 3.8) is 0 Å². The Bertz CT molecular complexity index is 589. The number of hydrogen-bond acceptors (Lipinski definition) is 4. The highest BCUT2D eigenvalue weighted by Gasteiger charge is 2.13. The van der Waals surface area contributed by atoms with Gasteiger partial charge in [0.1, 0.15) is 11.9 Å². The third-order valence-electron chi connectivity index (χ3n) is 2.96. The fraction of sp³-hybridized carbons (Fsp3) is 0.267. The van der Waals surface area contributed by atoms with E-state index in [9.17, 15) is 5.11 Å². The molecule has 106 valence electrons. The molecule has 4 nitrogen and oxygen atoms in total. The van der Waals surface area contributed by atoms with Crippen molar-refractivity contribution in [3.05, 3.63) is 52.1 Å². The summed E-state index contributed by atoms with van der Waals surface area (Å²) in [7, 11) is 3.17. The van der Waals surface area contributed by atoms with Crippen LogP contribution in [0.1, 0.15) is 17.4 Å². The van der Waals surface area contributed by atoms with Crippen LogP contribution in [0.3, 0.4) is 0 Å². The van der Waals surface area contributed by atoms with Crippen LogP contribution in [-0.2, 0) is 6.42 Å². The molecule has 1 aromatic carbocycles. The first-order valence-corrected chi connectivity index (χ1v) is 6.94. The normalized spacial score (nSPS) is 12.0. The monoisotopic (exact) mass is 337 g/mol. The quantitative estimate of drug-likeness (QED) is 0.910. The second kappa shape index (κ2) is 6.72. The van der Waals surface area contributed by atoms with Crippen LogP contribution < -0.4 is 9.47 Å². The summed E-state index contributed by atoms with van der Waals surface area (Å²) in [5.74, 6) is 1.25. The maximum Gasteiger partial charge on any atom is 0.213 e. The molecule has 5 heteroatoms. The molecule has 1 unspecified atom stereocenters. The molecule has 0 aliphatic carbocycles. The van der Waals surface area contributed by atoms with Crippen molar-refractivity contribution in [2.45, 2.75) is 12.5 Å². The lowest BCUT2D eigenvalue weighted by Gasteiger charge is -2.13. The van der Waals surface area contributed by atoms with Gasteiger partial charge in [0.2, 0.25) is 5.88 Å². The number of halogens is 1. The molecule has 0 saturated carbocycles. The molecular formula is C15H16BrNO3. The zero-order valence-corrected chi connectivity index (χ0v) is 12.9. The van der Waals surface area contributed by atoms with E-state index in [1.54, 1.807) is 26.4 Å². The average Bonchev–Trinajstić information content (AvgIpc) is 2.49. The largest absolute Gasteiger partial charge is 0.497 e. The lowest BCUT2D eigenvalue weighted by Crippen LogP contribution is -2.05.